The number of carbonyl (C=O) groups is 1. The molecule has 0 bridgehead atoms. The lowest BCUT2D eigenvalue weighted by molar-refractivity contribution is -0.132. The maximum Gasteiger partial charge on any atom is 0.346 e. The summed E-state index contributed by atoms with van der Waals surface area (Å²) >= 11 is 0. The van der Waals surface area contributed by atoms with Crippen LogP contribution in [0.4, 0.5) is 5.69 Å². The van der Waals surface area contributed by atoms with Gasteiger partial charge in [0.2, 0.25) is 0 Å². The van der Waals surface area contributed by atoms with Gasteiger partial charge >= 0.3 is 5.97 Å². The fourth-order valence-electron chi connectivity index (χ4n) is 6.63. The summed E-state index contributed by atoms with van der Waals surface area (Å²) in [5.41, 5.74) is 9.79. The maximum atomic E-state index is 11.3. The first kappa shape index (κ1) is 32.1. The molecule has 0 heterocycles. The highest BCUT2D eigenvalue weighted by Crippen LogP contribution is 2.55. The molecule has 0 spiro atoms. The van der Waals surface area contributed by atoms with Crippen LogP contribution in [0.15, 0.2) is 66.2 Å². The predicted octanol–water partition coefficient (Wildman–Crippen LogP) is 10.4. The number of hydrogen-bond acceptors (Lipinski definition) is 3. The number of nitrogens with zero attached hydrogens (tertiary/aromatic N) is 2. The first-order chi connectivity index (χ1) is 20.9. The third-order valence-electron chi connectivity index (χ3n) is 9.09. The lowest BCUT2D eigenvalue weighted by Gasteiger charge is -2.34. The third kappa shape index (κ3) is 7.04. The molecule has 0 saturated carbocycles. The molecule has 43 heavy (non-hydrogen) atoms. The smallest absolute Gasteiger partial charge is 0.346 e. The minimum absolute atomic E-state index is 0.00421. The lowest BCUT2D eigenvalue weighted by Crippen LogP contribution is -2.28. The van der Waals surface area contributed by atoms with Crippen LogP contribution in [0.2, 0.25) is 0 Å². The molecule has 1 aliphatic carbocycles. The van der Waals surface area contributed by atoms with E-state index < -0.39 is 5.97 Å². The molecule has 0 unspecified atom stereocenters. The second kappa shape index (κ2) is 15.1. The van der Waals surface area contributed by atoms with Crippen LogP contribution in [0.25, 0.3) is 28.3 Å². The van der Waals surface area contributed by atoms with Gasteiger partial charge in [0.1, 0.15) is 11.6 Å². The van der Waals surface area contributed by atoms with Gasteiger partial charge in [-0.1, -0.05) is 109 Å². The number of benzene rings is 3. The number of rotatable bonds is 16. The monoisotopic (exact) mass is 576 g/mol. The molecule has 1 aliphatic rings. The molecule has 3 aromatic rings. The molecule has 0 radical (unpaired) electrons. The van der Waals surface area contributed by atoms with Gasteiger partial charge in [0.25, 0.3) is 0 Å². The van der Waals surface area contributed by atoms with Crippen molar-refractivity contribution in [2.24, 2.45) is 0 Å². The average molecular weight is 577 g/mol. The molecule has 0 saturated heterocycles. The molecule has 226 valence electrons. The van der Waals surface area contributed by atoms with Gasteiger partial charge in [0, 0.05) is 24.2 Å². The van der Waals surface area contributed by atoms with E-state index in [1.165, 1.54) is 90.9 Å². The number of fused-ring (bicyclic) bond motifs is 3. The van der Waals surface area contributed by atoms with Crippen molar-refractivity contribution < 1.29 is 9.90 Å². The number of aliphatic carboxylic acids is 1. The zero-order valence-electron chi connectivity index (χ0n) is 26.6. The van der Waals surface area contributed by atoms with Crippen LogP contribution < -0.4 is 4.90 Å². The zero-order chi connectivity index (χ0) is 30.8. The molecular formula is C39H48N2O2. The third-order valence-corrected chi connectivity index (χ3v) is 9.09. The van der Waals surface area contributed by atoms with E-state index in [4.69, 9.17) is 5.26 Å². The molecular weight excluding hydrogens is 528 g/mol. The van der Waals surface area contributed by atoms with Crippen LogP contribution in [0.1, 0.15) is 109 Å². The van der Waals surface area contributed by atoms with Crippen LogP contribution in [0, 0.1) is 11.3 Å². The van der Waals surface area contributed by atoms with E-state index in [0.29, 0.717) is 5.56 Å². The molecule has 0 fully saturated rings. The lowest BCUT2D eigenvalue weighted by atomic mass is 9.70. The van der Waals surface area contributed by atoms with Crippen molar-refractivity contribution in [3.05, 3.63) is 82.9 Å². The minimum atomic E-state index is -1.21. The summed E-state index contributed by atoms with van der Waals surface area (Å²) in [5, 5.41) is 18.4. The van der Waals surface area contributed by atoms with E-state index in [1.807, 2.05) is 24.3 Å². The van der Waals surface area contributed by atoms with E-state index in [0.717, 1.165) is 31.5 Å². The van der Waals surface area contributed by atoms with Crippen LogP contribution in [0.3, 0.4) is 0 Å². The number of carboxylic acids is 1. The number of hydrogen-bond donors (Lipinski definition) is 1. The van der Waals surface area contributed by atoms with Crippen molar-refractivity contribution in [1.82, 2.24) is 0 Å². The first-order valence-electron chi connectivity index (χ1n) is 16.4. The maximum absolute atomic E-state index is 11.3. The minimum Gasteiger partial charge on any atom is -0.477 e. The van der Waals surface area contributed by atoms with Crippen LogP contribution in [0.5, 0.6) is 0 Å². The zero-order valence-corrected chi connectivity index (χ0v) is 26.6. The fraction of sp³-hybridized carbons (Fsp3) is 0.436. The van der Waals surface area contributed by atoms with E-state index in [-0.39, 0.29) is 11.0 Å². The fourth-order valence-corrected chi connectivity index (χ4v) is 6.63. The van der Waals surface area contributed by atoms with Crippen molar-refractivity contribution in [2.45, 2.75) is 97.3 Å². The topological polar surface area (TPSA) is 64.3 Å². The Hall–Kier alpha value is -3.84. The molecule has 4 nitrogen and oxygen atoms in total. The highest BCUT2D eigenvalue weighted by Gasteiger charge is 2.42. The van der Waals surface area contributed by atoms with Gasteiger partial charge in [-0.15, -0.1) is 0 Å². The molecule has 1 N–H and O–H groups in total. The molecule has 0 aromatic heterocycles. The van der Waals surface area contributed by atoms with E-state index in [2.05, 4.69) is 69.0 Å². The van der Waals surface area contributed by atoms with Gasteiger partial charge in [-0.25, -0.2) is 4.79 Å². The first-order valence-corrected chi connectivity index (χ1v) is 16.4. The summed E-state index contributed by atoms with van der Waals surface area (Å²) in [5.74, 6) is -1.21. The van der Waals surface area contributed by atoms with Crippen molar-refractivity contribution in [3.63, 3.8) is 0 Å². The number of carboxylic acid groups (broad SMARTS) is 1. The SMILES string of the molecule is CCCCN(CCCC)c1ccc2c(c1)C(CCCC)(CCCC)c1cc(-c3ccc(/C=C(\C#N)C(=O)O)cc3)ccc1-2. The van der Waals surface area contributed by atoms with Gasteiger partial charge < -0.3 is 10.0 Å². The normalized spacial score (nSPS) is 13.3. The Morgan fingerprint density at radius 1 is 0.767 bits per heavy atom. The molecule has 4 heteroatoms. The summed E-state index contributed by atoms with van der Waals surface area (Å²) in [6.45, 7) is 11.4. The Kier molecular flexibility index (Phi) is 11.2. The van der Waals surface area contributed by atoms with Gasteiger partial charge in [-0.05, 0) is 88.9 Å². The van der Waals surface area contributed by atoms with Crippen LogP contribution >= 0.6 is 0 Å². The Morgan fingerprint density at radius 3 is 1.84 bits per heavy atom. The van der Waals surface area contributed by atoms with Gasteiger partial charge in [0.05, 0.1) is 0 Å². The van der Waals surface area contributed by atoms with Crippen molar-refractivity contribution >= 4 is 17.7 Å². The van der Waals surface area contributed by atoms with Crippen molar-refractivity contribution in [2.75, 3.05) is 18.0 Å². The second-order valence-corrected chi connectivity index (χ2v) is 12.1. The van der Waals surface area contributed by atoms with Gasteiger partial charge in [-0.3, -0.25) is 0 Å². The van der Waals surface area contributed by atoms with E-state index in [1.54, 1.807) is 6.07 Å². The molecule has 0 aliphatic heterocycles. The van der Waals surface area contributed by atoms with E-state index in [9.17, 15) is 9.90 Å². The quantitative estimate of drug-likeness (QED) is 0.136. The van der Waals surface area contributed by atoms with Crippen LogP contribution in [-0.4, -0.2) is 24.2 Å². The van der Waals surface area contributed by atoms with Crippen molar-refractivity contribution in [3.8, 4) is 28.3 Å². The second-order valence-electron chi connectivity index (χ2n) is 12.1. The average Bonchev–Trinajstić information content (AvgIpc) is 3.30. The number of anilines is 1. The number of nitriles is 1. The Labute approximate surface area is 259 Å². The summed E-state index contributed by atoms with van der Waals surface area (Å²) < 4.78 is 0. The predicted molar refractivity (Wildman–Crippen MR) is 180 cm³/mol. The standard InChI is InChI=1S/C39H48N2O2/c1-5-9-21-39(22-10-6-2)36-26-31(30-15-13-29(14-16-30)25-32(28-40)38(42)43)17-19-34(36)35-20-18-33(27-37(35)39)41(23-11-7-3)24-12-8-4/h13-20,25-27H,5-12,21-24H2,1-4H3,(H,42,43)/b32-25+. The highest BCUT2D eigenvalue weighted by molar-refractivity contribution is 5.96. The molecule has 3 aromatic carbocycles. The van der Waals surface area contributed by atoms with Crippen LogP contribution in [-0.2, 0) is 10.2 Å². The molecule has 0 amide bonds. The van der Waals surface area contributed by atoms with Gasteiger partial charge in [-0.2, -0.15) is 5.26 Å². The molecule has 4 rings (SSSR count). The van der Waals surface area contributed by atoms with Gasteiger partial charge in [0.15, 0.2) is 0 Å². The Bertz CT molecular complexity index is 1450. The van der Waals surface area contributed by atoms with Crippen molar-refractivity contribution in [1.29, 1.82) is 5.26 Å². The summed E-state index contributed by atoms with van der Waals surface area (Å²) in [6, 6.07) is 23.9. The Morgan fingerprint density at radius 2 is 1.30 bits per heavy atom. The summed E-state index contributed by atoms with van der Waals surface area (Å²) in [6.07, 6.45) is 13.3. The molecule has 0 atom stereocenters. The largest absolute Gasteiger partial charge is 0.477 e. The number of unbranched alkanes of at least 4 members (excludes halogenated alkanes) is 4. The van der Waals surface area contributed by atoms with E-state index >= 15 is 0 Å². The highest BCUT2D eigenvalue weighted by atomic mass is 16.4. The summed E-state index contributed by atoms with van der Waals surface area (Å²) in [4.78, 5) is 13.9. The summed E-state index contributed by atoms with van der Waals surface area (Å²) in [7, 11) is 0. The Balaban J connectivity index is 1.81.